The Hall–Kier alpha value is -3.61. The zero-order valence-corrected chi connectivity index (χ0v) is 16.4. The topological polar surface area (TPSA) is 74.9 Å². The highest BCUT2D eigenvalue weighted by molar-refractivity contribution is 5.71. The number of nitrogens with zero attached hydrogens (tertiary/aromatic N) is 3. The third-order valence-electron chi connectivity index (χ3n) is 4.02. The monoisotopic (exact) mass is 393 g/mol. The van der Waals surface area contributed by atoms with Crippen molar-refractivity contribution in [1.82, 2.24) is 9.78 Å². The maximum absolute atomic E-state index is 12.2. The molecule has 0 saturated heterocycles. The third kappa shape index (κ3) is 5.68. The minimum Gasteiger partial charge on any atom is -0.497 e. The number of unbranched alkanes of at least 4 members (excludes halogenated alkanes) is 1. The summed E-state index contributed by atoms with van der Waals surface area (Å²) in [5.74, 6) is 1.55. The first-order valence-electron chi connectivity index (χ1n) is 9.38. The standard InChI is InChI=1S/C22H23N3O4/c1-3-4-14-28-21-15-17(16-23-25(21)18-8-6-5-7-9-18)24-22(26)29-20-12-10-19(27-2)11-13-20/h5-13,15-16H,3-4,14H2,1-2H3/b24-17+. The van der Waals surface area contributed by atoms with Crippen LogP contribution in [0.25, 0.3) is 5.69 Å². The van der Waals surface area contributed by atoms with Crippen LogP contribution in [0.15, 0.2) is 71.9 Å². The Morgan fingerprint density at radius 2 is 1.79 bits per heavy atom. The fourth-order valence-corrected chi connectivity index (χ4v) is 2.52. The molecule has 0 fully saturated rings. The van der Waals surface area contributed by atoms with Crippen molar-refractivity contribution in [2.75, 3.05) is 13.7 Å². The summed E-state index contributed by atoms with van der Waals surface area (Å²) in [6.07, 6.45) is 2.68. The number of carbonyl (C=O) groups is 1. The van der Waals surface area contributed by atoms with Crippen LogP contribution in [-0.2, 0) is 0 Å². The van der Waals surface area contributed by atoms with E-state index in [1.165, 1.54) is 6.20 Å². The number of rotatable bonds is 7. The van der Waals surface area contributed by atoms with Crippen LogP contribution in [0.3, 0.4) is 0 Å². The summed E-state index contributed by atoms with van der Waals surface area (Å²) in [7, 11) is 1.57. The van der Waals surface area contributed by atoms with Crippen molar-refractivity contribution < 1.29 is 19.0 Å². The Balaban J connectivity index is 1.83. The van der Waals surface area contributed by atoms with Crippen molar-refractivity contribution in [3.05, 3.63) is 72.2 Å². The summed E-state index contributed by atoms with van der Waals surface area (Å²) in [6, 6.07) is 18.0. The summed E-state index contributed by atoms with van der Waals surface area (Å²) in [5.41, 5.74) is 0.853. The number of ether oxygens (including phenoxy) is 3. The van der Waals surface area contributed by atoms with E-state index in [4.69, 9.17) is 14.2 Å². The molecule has 2 aromatic carbocycles. The van der Waals surface area contributed by atoms with E-state index in [2.05, 4.69) is 17.0 Å². The van der Waals surface area contributed by atoms with Gasteiger partial charge in [-0.05, 0) is 42.8 Å². The number of carbonyl (C=O) groups excluding carboxylic acids is 1. The van der Waals surface area contributed by atoms with Gasteiger partial charge in [0.2, 0.25) is 5.88 Å². The molecule has 1 amide bonds. The molecule has 0 radical (unpaired) electrons. The van der Waals surface area contributed by atoms with Crippen molar-refractivity contribution in [3.8, 4) is 23.1 Å². The minimum absolute atomic E-state index is 0.349. The van der Waals surface area contributed by atoms with E-state index in [9.17, 15) is 4.79 Å². The quantitative estimate of drug-likeness (QED) is 0.564. The summed E-state index contributed by atoms with van der Waals surface area (Å²) >= 11 is 0. The maximum atomic E-state index is 12.2. The molecule has 29 heavy (non-hydrogen) atoms. The molecule has 0 spiro atoms. The highest BCUT2D eigenvalue weighted by atomic mass is 16.5. The molecule has 0 N–H and O–H groups in total. The number of para-hydroxylation sites is 1. The number of hydrogen-bond acceptors (Lipinski definition) is 5. The molecule has 3 aromatic rings. The zero-order valence-electron chi connectivity index (χ0n) is 16.4. The Bertz CT molecular complexity index is 999. The molecule has 0 saturated carbocycles. The van der Waals surface area contributed by atoms with Crippen molar-refractivity contribution >= 4 is 6.09 Å². The van der Waals surface area contributed by atoms with E-state index in [-0.39, 0.29) is 0 Å². The van der Waals surface area contributed by atoms with Gasteiger partial charge in [0.05, 0.1) is 31.0 Å². The van der Waals surface area contributed by atoms with Crippen molar-refractivity contribution in [1.29, 1.82) is 0 Å². The SMILES string of the molecule is CCCCOc1c/c(=N\C(=O)Oc2ccc(OC)cc2)cnn1-c1ccccc1. The highest BCUT2D eigenvalue weighted by Crippen LogP contribution is 2.17. The largest absolute Gasteiger partial charge is 0.497 e. The van der Waals surface area contributed by atoms with Gasteiger partial charge >= 0.3 is 6.09 Å². The first-order valence-corrected chi connectivity index (χ1v) is 9.38. The lowest BCUT2D eigenvalue weighted by Crippen LogP contribution is -2.16. The predicted molar refractivity (Wildman–Crippen MR) is 109 cm³/mol. The summed E-state index contributed by atoms with van der Waals surface area (Å²) in [5, 5.41) is 4.73. The number of aromatic nitrogens is 2. The molecule has 7 heteroatoms. The van der Waals surface area contributed by atoms with E-state index in [1.54, 1.807) is 42.1 Å². The Labute approximate surface area is 169 Å². The van der Waals surface area contributed by atoms with Gasteiger partial charge in [0.15, 0.2) is 0 Å². The third-order valence-corrected chi connectivity index (χ3v) is 4.02. The summed E-state index contributed by atoms with van der Waals surface area (Å²) < 4.78 is 17.9. The van der Waals surface area contributed by atoms with E-state index in [0.717, 1.165) is 18.5 Å². The molecule has 0 aliphatic rings. The van der Waals surface area contributed by atoms with E-state index >= 15 is 0 Å². The maximum Gasteiger partial charge on any atom is 0.439 e. The van der Waals surface area contributed by atoms with Crippen molar-refractivity contribution in [2.24, 2.45) is 4.99 Å². The van der Waals surface area contributed by atoms with Gasteiger partial charge in [0.1, 0.15) is 11.5 Å². The van der Waals surface area contributed by atoms with E-state index in [1.807, 2.05) is 30.3 Å². The number of hydrogen-bond donors (Lipinski definition) is 0. The molecular formula is C22H23N3O4. The van der Waals surface area contributed by atoms with Crippen molar-refractivity contribution in [3.63, 3.8) is 0 Å². The van der Waals surface area contributed by atoms with Gasteiger partial charge in [-0.1, -0.05) is 31.5 Å². The van der Waals surface area contributed by atoms with Crippen LogP contribution in [0.1, 0.15) is 19.8 Å². The lowest BCUT2D eigenvalue weighted by molar-refractivity contribution is 0.210. The second-order valence-corrected chi connectivity index (χ2v) is 6.16. The molecule has 150 valence electrons. The molecular weight excluding hydrogens is 370 g/mol. The van der Waals surface area contributed by atoms with Crippen LogP contribution < -0.4 is 19.6 Å². The van der Waals surface area contributed by atoms with Crippen molar-refractivity contribution in [2.45, 2.75) is 19.8 Å². The molecule has 0 unspecified atom stereocenters. The number of amides is 1. The zero-order chi connectivity index (χ0) is 20.5. The molecule has 7 nitrogen and oxygen atoms in total. The van der Waals surface area contributed by atoms with Gasteiger partial charge in [-0.2, -0.15) is 10.1 Å². The van der Waals surface area contributed by atoms with Gasteiger partial charge in [-0.15, -0.1) is 0 Å². The van der Waals surface area contributed by atoms with Crippen LogP contribution in [0.5, 0.6) is 17.4 Å². The number of benzene rings is 2. The van der Waals surface area contributed by atoms with Crippen LogP contribution in [0.4, 0.5) is 4.79 Å². The van der Waals surface area contributed by atoms with Gasteiger partial charge in [0, 0.05) is 6.07 Å². The Kier molecular flexibility index (Phi) is 7.00. The van der Waals surface area contributed by atoms with E-state index in [0.29, 0.717) is 29.3 Å². The highest BCUT2D eigenvalue weighted by Gasteiger charge is 2.07. The van der Waals surface area contributed by atoms with Gasteiger partial charge in [-0.3, -0.25) is 0 Å². The first kappa shape index (κ1) is 20.1. The summed E-state index contributed by atoms with van der Waals surface area (Å²) in [6.45, 7) is 2.64. The fourth-order valence-electron chi connectivity index (χ4n) is 2.52. The lowest BCUT2D eigenvalue weighted by atomic mass is 10.3. The van der Waals surface area contributed by atoms with Gasteiger partial charge in [-0.25, -0.2) is 9.48 Å². The Morgan fingerprint density at radius 3 is 2.48 bits per heavy atom. The molecule has 0 atom stereocenters. The normalized spacial score (nSPS) is 11.2. The average molecular weight is 393 g/mol. The predicted octanol–water partition coefficient (Wildman–Crippen LogP) is 4.16. The molecule has 0 bridgehead atoms. The number of methoxy groups -OCH3 is 1. The molecule has 1 aromatic heterocycles. The van der Waals surface area contributed by atoms with Gasteiger partial charge in [0.25, 0.3) is 0 Å². The molecule has 1 heterocycles. The summed E-state index contributed by atoms with van der Waals surface area (Å²) in [4.78, 5) is 16.1. The molecule has 0 aliphatic heterocycles. The van der Waals surface area contributed by atoms with Crippen LogP contribution in [0, 0.1) is 0 Å². The van der Waals surface area contributed by atoms with E-state index < -0.39 is 6.09 Å². The first-order chi connectivity index (χ1) is 14.2. The minimum atomic E-state index is -0.742. The average Bonchev–Trinajstić information content (AvgIpc) is 2.75. The lowest BCUT2D eigenvalue weighted by Gasteiger charge is -2.13. The Morgan fingerprint density at radius 1 is 1.07 bits per heavy atom. The van der Waals surface area contributed by atoms with Crippen LogP contribution >= 0.6 is 0 Å². The van der Waals surface area contributed by atoms with Crippen LogP contribution in [-0.4, -0.2) is 29.6 Å². The molecule has 3 rings (SSSR count). The second kappa shape index (κ2) is 10.1. The van der Waals surface area contributed by atoms with Gasteiger partial charge < -0.3 is 14.2 Å². The van der Waals surface area contributed by atoms with Crippen LogP contribution in [0.2, 0.25) is 0 Å². The smallest absolute Gasteiger partial charge is 0.439 e. The molecule has 0 aliphatic carbocycles. The fraction of sp³-hybridized carbons (Fsp3) is 0.227. The second-order valence-electron chi connectivity index (χ2n) is 6.16.